The summed E-state index contributed by atoms with van der Waals surface area (Å²) in [5.74, 6) is 0.191. The zero-order valence-corrected chi connectivity index (χ0v) is 14.4. The van der Waals surface area contributed by atoms with Crippen molar-refractivity contribution in [2.24, 2.45) is 0 Å². The van der Waals surface area contributed by atoms with Gasteiger partial charge in [-0.25, -0.2) is 0 Å². The SMILES string of the molecule is O=C(O)CCCN1CC[C@@H](Oc2ccc(Cc3ccccc3)cc2)C1. The molecule has 2 aromatic rings. The van der Waals surface area contributed by atoms with E-state index in [2.05, 4.69) is 41.3 Å². The van der Waals surface area contributed by atoms with E-state index in [4.69, 9.17) is 9.84 Å². The molecule has 25 heavy (non-hydrogen) atoms. The van der Waals surface area contributed by atoms with Crippen LogP contribution in [0, 0.1) is 0 Å². The van der Waals surface area contributed by atoms with Crippen molar-refractivity contribution in [3.8, 4) is 5.75 Å². The number of ether oxygens (including phenoxy) is 1. The van der Waals surface area contributed by atoms with Gasteiger partial charge in [0.2, 0.25) is 0 Å². The zero-order chi connectivity index (χ0) is 17.5. The summed E-state index contributed by atoms with van der Waals surface area (Å²) in [5.41, 5.74) is 2.59. The Hall–Kier alpha value is -2.33. The number of aliphatic carboxylic acids is 1. The molecule has 0 aliphatic carbocycles. The average molecular weight is 339 g/mol. The first-order valence-corrected chi connectivity index (χ1v) is 8.93. The maximum Gasteiger partial charge on any atom is 0.303 e. The molecule has 2 aromatic carbocycles. The highest BCUT2D eigenvalue weighted by molar-refractivity contribution is 5.66. The number of benzene rings is 2. The summed E-state index contributed by atoms with van der Waals surface area (Å²) in [7, 11) is 0. The first-order chi connectivity index (χ1) is 12.2. The van der Waals surface area contributed by atoms with Gasteiger partial charge in [0.05, 0.1) is 0 Å². The summed E-state index contributed by atoms with van der Waals surface area (Å²) in [4.78, 5) is 12.9. The summed E-state index contributed by atoms with van der Waals surface area (Å²) in [6.45, 7) is 2.70. The Kier molecular flexibility index (Phi) is 6.07. The van der Waals surface area contributed by atoms with Crippen LogP contribution in [0.5, 0.6) is 5.75 Å². The molecule has 0 saturated carbocycles. The molecule has 1 atom stereocenters. The Labute approximate surface area is 149 Å². The zero-order valence-electron chi connectivity index (χ0n) is 14.4. The lowest BCUT2D eigenvalue weighted by Crippen LogP contribution is -2.26. The van der Waals surface area contributed by atoms with Crippen LogP contribution < -0.4 is 4.74 Å². The number of carbonyl (C=O) groups is 1. The second-order valence-corrected chi connectivity index (χ2v) is 6.63. The third-order valence-electron chi connectivity index (χ3n) is 4.57. The van der Waals surface area contributed by atoms with Crippen LogP contribution in [0.25, 0.3) is 0 Å². The molecule has 1 fully saturated rings. The number of nitrogens with zero attached hydrogens (tertiary/aromatic N) is 1. The largest absolute Gasteiger partial charge is 0.489 e. The molecule has 1 N–H and O–H groups in total. The molecule has 0 radical (unpaired) electrons. The second kappa shape index (κ2) is 8.67. The predicted octanol–water partition coefficient (Wildman–Crippen LogP) is 3.60. The number of hydrogen-bond donors (Lipinski definition) is 1. The molecular weight excluding hydrogens is 314 g/mol. The third kappa shape index (κ3) is 5.61. The summed E-state index contributed by atoms with van der Waals surface area (Å²) in [6, 6.07) is 18.8. The van der Waals surface area contributed by atoms with Gasteiger partial charge < -0.3 is 9.84 Å². The second-order valence-electron chi connectivity index (χ2n) is 6.63. The lowest BCUT2D eigenvalue weighted by atomic mass is 10.1. The van der Waals surface area contributed by atoms with Gasteiger partial charge in [-0.2, -0.15) is 0 Å². The van der Waals surface area contributed by atoms with E-state index in [0.29, 0.717) is 6.42 Å². The van der Waals surface area contributed by atoms with Crippen LogP contribution >= 0.6 is 0 Å². The molecule has 1 aliphatic heterocycles. The summed E-state index contributed by atoms with van der Waals surface area (Å²) >= 11 is 0. The fourth-order valence-corrected chi connectivity index (χ4v) is 3.26. The lowest BCUT2D eigenvalue weighted by molar-refractivity contribution is -0.137. The fraction of sp³-hybridized carbons (Fsp3) is 0.381. The van der Waals surface area contributed by atoms with E-state index in [-0.39, 0.29) is 12.5 Å². The van der Waals surface area contributed by atoms with Gasteiger partial charge in [-0.1, -0.05) is 42.5 Å². The molecule has 4 heteroatoms. The monoisotopic (exact) mass is 339 g/mol. The van der Waals surface area contributed by atoms with Crippen LogP contribution in [-0.4, -0.2) is 41.7 Å². The van der Waals surface area contributed by atoms with Crippen molar-refractivity contribution in [1.82, 2.24) is 4.90 Å². The summed E-state index contributed by atoms with van der Waals surface area (Å²) in [6.07, 6.45) is 3.08. The van der Waals surface area contributed by atoms with Gasteiger partial charge in [0.1, 0.15) is 11.9 Å². The quantitative estimate of drug-likeness (QED) is 0.798. The highest BCUT2D eigenvalue weighted by atomic mass is 16.5. The van der Waals surface area contributed by atoms with Crippen molar-refractivity contribution in [2.75, 3.05) is 19.6 Å². The Morgan fingerprint density at radius 1 is 1.08 bits per heavy atom. The Bertz CT molecular complexity index is 669. The van der Waals surface area contributed by atoms with Gasteiger partial charge in [-0.3, -0.25) is 9.69 Å². The maximum atomic E-state index is 10.6. The Morgan fingerprint density at radius 2 is 1.80 bits per heavy atom. The van der Waals surface area contributed by atoms with Crippen LogP contribution in [-0.2, 0) is 11.2 Å². The molecule has 132 valence electrons. The van der Waals surface area contributed by atoms with E-state index in [1.54, 1.807) is 0 Å². The normalized spacial score (nSPS) is 17.5. The van der Waals surface area contributed by atoms with Gasteiger partial charge in [-0.05, 0) is 49.1 Å². The molecule has 1 heterocycles. The molecule has 3 rings (SSSR count). The molecule has 1 saturated heterocycles. The van der Waals surface area contributed by atoms with Gasteiger partial charge in [0.25, 0.3) is 0 Å². The number of carboxylic acids is 1. The summed E-state index contributed by atoms with van der Waals surface area (Å²) < 4.78 is 6.08. The minimum Gasteiger partial charge on any atom is -0.489 e. The van der Waals surface area contributed by atoms with E-state index in [9.17, 15) is 4.79 Å². The number of rotatable bonds is 8. The number of likely N-dealkylation sites (tertiary alicyclic amines) is 1. The van der Waals surface area contributed by atoms with E-state index in [1.807, 2.05) is 18.2 Å². The van der Waals surface area contributed by atoms with E-state index in [0.717, 1.165) is 38.2 Å². The summed E-state index contributed by atoms with van der Waals surface area (Å²) in [5, 5.41) is 8.71. The number of carboxylic acid groups (broad SMARTS) is 1. The topological polar surface area (TPSA) is 49.8 Å². The Balaban J connectivity index is 1.45. The van der Waals surface area contributed by atoms with Crippen molar-refractivity contribution in [2.45, 2.75) is 31.8 Å². The van der Waals surface area contributed by atoms with Crippen LogP contribution in [0.4, 0.5) is 0 Å². The number of hydrogen-bond acceptors (Lipinski definition) is 3. The van der Waals surface area contributed by atoms with Gasteiger partial charge in [0.15, 0.2) is 0 Å². The van der Waals surface area contributed by atoms with Crippen molar-refractivity contribution < 1.29 is 14.6 Å². The van der Waals surface area contributed by atoms with Crippen LogP contribution in [0.3, 0.4) is 0 Å². The first kappa shape index (κ1) is 17.5. The molecule has 0 aromatic heterocycles. The van der Waals surface area contributed by atoms with Crippen LogP contribution in [0.15, 0.2) is 54.6 Å². The van der Waals surface area contributed by atoms with Gasteiger partial charge >= 0.3 is 5.97 Å². The molecule has 0 bridgehead atoms. The first-order valence-electron chi connectivity index (χ1n) is 8.93. The molecule has 4 nitrogen and oxygen atoms in total. The Morgan fingerprint density at radius 3 is 2.52 bits per heavy atom. The molecule has 1 aliphatic rings. The van der Waals surface area contributed by atoms with E-state index < -0.39 is 5.97 Å². The van der Waals surface area contributed by atoms with Gasteiger partial charge in [0, 0.05) is 19.5 Å². The van der Waals surface area contributed by atoms with Crippen LogP contribution in [0.1, 0.15) is 30.4 Å². The van der Waals surface area contributed by atoms with Crippen LogP contribution in [0.2, 0.25) is 0 Å². The molecular formula is C21H25NO3. The predicted molar refractivity (Wildman–Crippen MR) is 98.0 cm³/mol. The maximum absolute atomic E-state index is 10.6. The highest BCUT2D eigenvalue weighted by Crippen LogP contribution is 2.20. The average Bonchev–Trinajstić information content (AvgIpc) is 3.05. The fourth-order valence-electron chi connectivity index (χ4n) is 3.26. The van der Waals surface area contributed by atoms with Crippen molar-refractivity contribution in [3.05, 3.63) is 65.7 Å². The smallest absolute Gasteiger partial charge is 0.303 e. The van der Waals surface area contributed by atoms with E-state index >= 15 is 0 Å². The standard InChI is InChI=1S/C21H25NO3/c23-21(24)7-4-13-22-14-12-20(16-22)25-19-10-8-18(9-11-19)15-17-5-2-1-3-6-17/h1-3,5-6,8-11,20H,4,7,12-16H2,(H,23,24)/t20-/m1/s1. The third-order valence-corrected chi connectivity index (χ3v) is 4.57. The molecule has 0 amide bonds. The molecule has 0 unspecified atom stereocenters. The minimum atomic E-state index is -0.720. The van der Waals surface area contributed by atoms with Gasteiger partial charge in [-0.15, -0.1) is 0 Å². The van der Waals surface area contributed by atoms with Crippen molar-refractivity contribution >= 4 is 5.97 Å². The van der Waals surface area contributed by atoms with E-state index in [1.165, 1.54) is 11.1 Å². The highest BCUT2D eigenvalue weighted by Gasteiger charge is 2.23. The van der Waals surface area contributed by atoms with Crippen molar-refractivity contribution in [1.29, 1.82) is 0 Å². The lowest BCUT2D eigenvalue weighted by Gasteiger charge is -2.16. The minimum absolute atomic E-state index is 0.199. The van der Waals surface area contributed by atoms with Crippen molar-refractivity contribution in [3.63, 3.8) is 0 Å². The molecule has 0 spiro atoms.